The largest absolute Gasteiger partial charge is 0.476 e. The molecule has 8 heteroatoms. The highest BCUT2D eigenvalue weighted by Gasteiger charge is 2.32. The van der Waals surface area contributed by atoms with E-state index < -0.39 is 23.5 Å². The second kappa shape index (κ2) is 6.51. The molecule has 1 rings (SSSR count). The molecule has 0 aliphatic rings. The standard InChI is InChI=1S/C13H15N3O5/c1-13(2,11(19)15-12(14)20)21-16-9(10(17)18)8-6-4-3-5-7-8/h3-7H,1-2H3,(H,17,18)(H3,14,15,19,20). The fourth-order valence-corrected chi connectivity index (χ4v) is 1.27. The zero-order chi connectivity index (χ0) is 16.0. The number of rotatable bonds is 5. The number of nitrogens with zero attached hydrogens (tertiary/aromatic N) is 1. The summed E-state index contributed by atoms with van der Waals surface area (Å²) in [5.74, 6) is -2.15. The molecule has 0 bridgehead atoms. The number of nitrogens with one attached hydrogen (secondary N) is 1. The van der Waals surface area contributed by atoms with Crippen molar-refractivity contribution in [3.63, 3.8) is 0 Å². The molecule has 4 N–H and O–H groups in total. The second-order valence-corrected chi connectivity index (χ2v) is 4.53. The van der Waals surface area contributed by atoms with E-state index in [1.54, 1.807) is 18.2 Å². The van der Waals surface area contributed by atoms with Crippen LogP contribution in [0.1, 0.15) is 19.4 Å². The van der Waals surface area contributed by atoms with E-state index in [9.17, 15) is 14.4 Å². The summed E-state index contributed by atoms with van der Waals surface area (Å²) in [6.07, 6.45) is 0. The van der Waals surface area contributed by atoms with Crippen LogP contribution in [0.3, 0.4) is 0 Å². The molecule has 0 heterocycles. The van der Waals surface area contributed by atoms with Crippen LogP contribution in [0.5, 0.6) is 0 Å². The molecule has 0 saturated carbocycles. The molecule has 0 fully saturated rings. The molecular weight excluding hydrogens is 278 g/mol. The molecule has 0 radical (unpaired) electrons. The van der Waals surface area contributed by atoms with Gasteiger partial charge in [0.1, 0.15) is 0 Å². The first kappa shape index (κ1) is 16.2. The first-order valence-electron chi connectivity index (χ1n) is 5.90. The summed E-state index contributed by atoms with van der Waals surface area (Å²) < 4.78 is 0. The van der Waals surface area contributed by atoms with E-state index in [-0.39, 0.29) is 5.71 Å². The number of hydrogen-bond donors (Lipinski definition) is 3. The van der Waals surface area contributed by atoms with E-state index in [2.05, 4.69) is 5.16 Å². The smallest absolute Gasteiger partial charge is 0.358 e. The van der Waals surface area contributed by atoms with Crippen molar-refractivity contribution in [2.75, 3.05) is 0 Å². The number of hydrogen-bond acceptors (Lipinski definition) is 5. The minimum Gasteiger partial charge on any atom is -0.476 e. The summed E-state index contributed by atoms with van der Waals surface area (Å²) in [6, 6.07) is 7.02. The molecule has 0 spiro atoms. The van der Waals surface area contributed by atoms with E-state index in [1.807, 2.05) is 5.32 Å². The molecule has 0 atom stereocenters. The van der Waals surface area contributed by atoms with Gasteiger partial charge in [-0.15, -0.1) is 0 Å². The molecule has 0 aliphatic heterocycles. The second-order valence-electron chi connectivity index (χ2n) is 4.53. The predicted octanol–water partition coefficient (Wildman–Crippen LogP) is 0.465. The molecule has 3 amide bonds. The highest BCUT2D eigenvalue weighted by Crippen LogP contribution is 2.11. The zero-order valence-electron chi connectivity index (χ0n) is 11.5. The van der Waals surface area contributed by atoms with Gasteiger partial charge in [0.2, 0.25) is 5.60 Å². The number of imide groups is 1. The first-order valence-corrected chi connectivity index (χ1v) is 5.90. The average molecular weight is 293 g/mol. The first-order chi connectivity index (χ1) is 9.74. The Morgan fingerprint density at radius 1 is 1.24 bits per heavy atom. The van der Waals surface area contributed by atoms with E-state index >= 15 is 0 Å². The lowest BCUT2D eigenvalue weighted by molar-refractivity contribution is -0.142. The SMILES string of the molecule is CC(C)(ON=C(C(=O)O)c1ccccc1)C(=O)NC(N)=O. The Morgan fingerprint density at radius 2 is 1.81 bits per heavy atom. The third-order valence-electron chi connectivity index (χ3n) is 2.40. The molecule has 0 unspecified atom stereocenters. The molecule has 0 saturated heterocycles. The molecular formula is C13H15N3O5. The van der Waals surface area contributed by atoms with Crippen LogP contribution in [0.25, 0.3) is 0 Å². The Hall–Kier alpha value is -2.90. The summed E-state index contributed by atoms with van der Waals surface area (Å²) in [7, 11) is 0. The van der Waals surface area contributed by atoms with Crippen LogP contribution in [-0.4, -0.2) is 34.3 Å². The predicted molar refractivity (Wildman–Crippen MR) is 73.5 cm³/mol. The van der Waals surface area contributed by atoms with Crippen molar-refractivity contribution >= 4 is 23.6 Å². The van der Waals surface area contributed by atoms with Gasteiger partial charge in [-0.05, 0) is 13.8 Å². The monoisotopic (exact) mass is 293 g/mol. The van der Waals surface area contributed by atoms with Gasteiger partial charge in [-0.1, -0.05) is 35.5 Å². The van der Waals surface area contributed by atoms with Gasteiger partial charge in [0.05, 0.1) is 0 Å². The normalized spacial score (nSPS) is 11.6. The van der Waals surface area contributed by atoms with Gasteiger partial charge >= 0.3 is 12.0 Å². The summed E-state index contributed by atoms with van der Waals surface area (Å²) in [5, 5.41) is 14.5. The van der Waals surface area contributed by atoms with Crippen molar-refractivity contribution in [1.82, 2.24) is 5.32 Å². The number of aliphatic carboxylic acids is 1. The minimum atomic E-state index is -1.56. The average Bonchev–Trinajstić information content (AvgIpc) is 2.38. The Bertz CT molecular complexity index is 581. The summed E-state index contributed by atoms with van der Waals surface area (Å²) in [6.45, 7) is 2.64. The van der Waals surface area contributed by atoms with Gasteiger partial charge in [-0.2, -0.15) is 0 Å². The number of nitrogens with two attached hydrogens (primary N) is 1. The number of oxime groups is 1. The Morgan fingerprint density at radius 3 is 2.29 bits per heavy atom. The third-order valence-corrected chi connectivity index (χ3v) is 2.40. The Balaban J connectivity index is 2.96. The summed E-state index contributed by atoms with van der Waals surface area (Å²) in [4.78, 5) is 38.4. The maximum atomic E-state index is 11.6. The number of amides is 3. The minimum absolute atomic E-state index is 0.316. The van der Waals surface area contributed by atoms with Crippen molar-refractivity contribution in [3.05, 3.63) is 35.9 Å². The molecule has 0 aliphatic carbocycles. The zero-order valence-corrected chi connectivity index (χ0v) is 11.5. The summed E-state index contributed by atoms with van der Waals surface area (Å²) >= 11 is 0. The van der Waals surface area contributed by atoms with Crippen molar-refractivity contribution in [2.24, 2.45) is 10.9 Å². The van der Waals surface area contributed by atoms with Crippen LogP contribution in [0.15, 0.2) is 35.5 Å². The van der Waals surface area contributed by atoms with Crippen LogP contribution in [0.4, 0.5) is 4.79 Å². The van der Waals surface area contributed by atoms with Gasteiger partial charge in [-0.3, -0.25) is 10.1 Å². The maximum absolute atomic E-state index is 11.6. The topological polar surface area (TPSA) is 131 Å². The van der Waals surface area contributed by atoms with Crippen LogP contribution in [0, 0.1) is 0 Å². The number of urea groups is 1. The summed E-state index contributed by atoms with van der Waals surface area (Å²) in [5.41, 5.74) is 3.21. The van der Waals surface area contributed by atoms with Crippen LogP contribution in [0.2, 0.25) is 0 Å². The van der Waals surface area contributed by atoms with E-state index in [4.69, 9.17) is 15.7 Å². The van der Waals surface area contributed by atoms with Gasteiger partial charge < -0.3 is 15.7 Å². The van der Waals surface area contributed by atoms with Crippen molar-refractivity contribution in [3.8, 4) is 0 Å². The van der Waals surface area contributed by atoms with Crippen LogP contribution in [-0.2, 0) is 14.4 Å². The molecule has 0 aromatic heterocycles. The van der Waals surface area contributed by atoms with Crippen molar-refractivity contribution in [1.29, 1.82) is 0 Å². The Labute approximate surface area is 120 Å². The lowest BCUT2D eigenvalue weighted by Crippen LogP contribution is -2.48. The fraction of sp³-hybridized carbons (Fsp3) is 0.231. The number of carboxylic acids is 1. The third kappa shape index (κ3) is 4.60. The Kier molecular flexibility index (Phi) is 5.01. The number of primary amides is 1. The highest BCUT2D eigenvalue weighted by atomic mass is 16.7. The molecule has 21 heavy (non-hydrogen) atoms. The number of carbonyl (C=O) groups excluding carboxylic acids is 2. The van der Waals surface area contributed by atoms with Crippen molar-refractivity contribution < 1.29 is 24.3 Å². The van der Waals surface area contributed by atoms with Gasteiger partial charge in [0.15, 0.2) is 5.71 Å². The van der Waals surface area contributed by atoms with Crippen LogP contribution >= 0.6 is 0 Å². The number of carbonyl (C=O) groups is 3. The van der Waals surface area contributed by atoms with Gasteiger partial charge in [0, 0.05) is 5.56 Å². The number of carboxylic acid groups (broad SMARTS) is 1. The lowest BCUT2D eigenvalue weighted by Gasteiger charge is -2.20. The maximum Gasteiger partial charge on any atom is 0.358 e. The molecule has 112 valence electrons. The molecule has 1 aromatic carbocycles. The van der Waals surface area contributed by atoms with E-state index in [0.29, 0.717) is 5.56 Å². The lowest BCUT2D eigenvalue weighted by atomic mass is 10.1. The van der Waals surface area contributed by atoms with E-state index in [0.717, 1.165) is 0 Å². The van der Waals surface area contributed by atoms with Gasteiger partial charge in [0.25, 0.3) is 5.91 Å². The quantitative estimate of drug-likeness (QED) is 0.536. The van der Waals surface area contributed by atoms with Gasteiger partial charge in [-0.25, -0.2) is 9.59 Å². The van der Waals surface area contributed by atoms with Crippen molar-refractivity contribution in [2.45, 2.75) is 19.4 Å². The molecule has 1 aromatic rings. The number of benzene rings is 1. The van der Waals surface area contributed by atoms with Crippen LogP contribution < -0.4 is 11.1 Å². The fourth-order valence-electron chi connectivity index (χ4n) is 1.27. The molecule has 8 nitrogen and oxygen atoms in total. The van der Waals surface area contributed by atoms with E-state index in [1.165, 1.54) is 26.0 Å². The highest BCUT2D eigenvalue weighted by molar-refractivity contribution is 6.42.